The maximum atomic E-state index is 13.3. The number of halogens is 3. The molecule has 1 atom stereocenters. The quantitative estimate of drug-likeness (QED) is 0.526. The summed E-state index contributed by atoms with van der Waals surface area (Å²) in [6, 6.07) is 6.89. The fourth-order valence-corrected chi connectivity index (χ4v) is 5.77. The van der Waals surface area contributed by atoms with Crippen LogP contribution in [0.5, 0.6) is 11.5 Å². The van der Waals surface area contributed by atoms with Gasteiger partial charge in [0.2, 0.25) is 15.9 Å². The molecule has 1 aliphatic heterocycles. The molecule has 1 amide bonds. The molecule has 0 radical (unpaired) electrons. The van der Waals surface area contributed by atoms with Gasteiger partial charge in [0.15, 0.2) is 11.5 Å². The zero-order valence-corrected chi connectivity index (χ0v) is 20.9. The molecular formula is C24H29F3N2O5S. The maximum Gasteiger partial charge on any atom is 0.416 e. The Morgan fingerprint density at radius 3 is 2.40 bits per heavy atom. The summed E-state index contributed by atoms with van der Waals surface area (Å²) in [5.41, 5.74) is 0.804. The standard InChI is InChI=1S/C24H29F3N2O5S/c1-5-10-28(35(31,32)19-8-6-7-18(13-19)24(25,26)27)15-23(30)29-11-9-17-12-21(33-3)22(34-4)14-20(17)16(29)2/h6-8,12-14,16H,5,9-11,15H2,1-4H3. The highest BCUT2D eigenvalue weighted by atomic mass is 32.2. The van der Waals surface area contributed by atoms with Crippen LogP contribution in [-0.2, 0) is 27.4 Å². The molecule has 1 aliphatic rings. The van der Waals surface area contributed by atoms with E-state index in [1.54, 1.807) is 18.9 Å². The Bertz CT molecular complexity index is 1180. The van der Waals surface area contributed by atoms with E-state index in [0.717, 1.165) is 33.6 Å². The van der Waals surface area contributed by atoms with Crippen molar-refractivity contribution in [1.82, 2.24) is 9.21 Å². The average Bonchev–Trinajstić information content (AvgIpc) is 2.82. The Balaban J connectivity index is 1.87. The molecule has 192 valence electrons. The number of hydrogen-bond acceptors (Lipinski definition) is 5. The lowest BCUT2D eigenvalue weighted by atomic mass is 9.92. The highest BCUT2D eigenvalue weighted by molar-refractivity contribution is 7.89. The first-order valence-electron chi connectivity index (χ1n) is 11.2. The average molecular weight is 515 g/mol. The zero-order valence-electron chi connectivity index (χ0n) is 20.1. The molecule has 2 aromatic carbocycles. The third-order valence-corrected chi connectivity index (χ3v) is 7.93. The van der Waals surface area contributed by atoms with E-state index in [1.165, 1.54) is 7.11 Å². The fraction of sp³-hybridized carbons (Fsp3) is 0.458. The van der Waals surface area contributed by atoms with Gasteiger partial charge in [0.25, 0.3) is 0 Å². The van der Waals surface area contributed by atoms with E-state index >= 15 is 0 Å². The lowest BCUT2D eigenvalue weighted by molar-refractivity contribution is -0.138. The molecule has 2 aromatic rings. The molecule has 3 rings (SSSR count). The lowest BCUT2D eigenvalue weighted by Gasteiger charge is -2.37. The van der Waals surface area contributed by atoms with Crippen molar-refractivity contribution in [3.63, 3.8) is 0 Å². The Kier molecular flexibility index (Phi) is 8.00. The van der Waals surface area contributed by atoms with E-state index in [-0.39, 0.29) is 12.6 Å². The van der Waals surface area contributed by atoms with Gasteiger partial charge in [-0.3, -0.25) is 4.79 Å². The van der Waals surface area contributed by atoms with Gasteiger partial charge in [0, 0.05) is 13.1 Å². The van der Waals surface area contributed by atoms with Crippen LogP contribution in [-0.4, -0.2) is 57.4 Å². The first kappa shape index (κ1) is 26.8. The van der Waals surface area contributed by atoms with Gasteiger partial charge < -0.3 is 14.4 Å². The monoisotopic (exact) mass is 514 g/mol. The molecule has 0 aliphatic carbocycles. The number of sulfonamides is 1. The van der Waals surface area contributed by atoms with Crippen molar-refractivity contribution in [3.8, 4) is 11.5 Å². The Morgan fingerprint density at radius 2 is 1.80 bits per heavy atom. The summed E-state index contributed by atoms with van der Waals surface area (Å²) >= 11 is 0. The van der Waals surface area contributed by atoms with E-state index in [1.807, 2.05) is 19.1 Å². The smallest absolute Gasteiger partial charge is 0.416 e. The molecule has 0 saturated heterocycles. The van der Waals surface area contributed by atoms with Gasteiger partial charge in [0.05, 0.1) is 37.3 Å². The van der Waals surface area contributed by atoms with Gasteiger partial charge in [-0.05, 0) is 61.2 Å². The number of nitrogens with zero attached hydrogens (tertiary/aromatic N) is 2. The number of ether oxygens (including phenoxy) is 2. The van der Waals surface area contributed by atoms with E-state index in [2.05, 4.69) is 0 Å². The number of benzene rings is 2. The van der Waals surface area contributed by atoms with E-state index in [9.17, 15) is 26.4 Å². The molecule has 35 heavy (non-hydrogen) atoms. The van der Waals surface area contributed by atoms with Crippen LogP contribution >= 0.6 is 0 Å². The third kappa shape index (κ3) is 5.56. The van der Waals surface area contributed by atoms with Crippen molar-refractivity contribution in [2.45, 2.75) is 43.8 Å². The van der Waals surface area contributed by atoms with Crippen LogP contribution < -0.4 is 9.47 Å². The molecule has 0 fully saturated rings. The minimum atomic E-state index is -4.68. The molecule has 1 heterocycles. The number of rotatable bonds is 8. The molecule has 0 N–H and O–H groups in total. The second-order valence-electron chi connectivity index (χ2n) is 8.28. The molecule has 0 spiro atoms. The van der Waals surface area contributed by atoms with Crippen molar-refractivity contribution in [2.75, 3.05) is 33.9 Å². The van der Waals surface area contributed by atoms with Crippen LogP contribution in [0.3, 0.4) is 0 Å². The first-order chi connectivity index (χ1) is 16.4. The minimum Gasteiger partial charge on any atom is -0.493 e. The fourth-order valence-electron chi connectivity index (χ4n) is 4.24. The van der Waals surface area contributed by atoms with Crippen LogP contribution in [0.1, 0.15) is 43.0 Å². The number of carbonyl (C=O) groups excluding carboxylic acids is 1. The number of methoxy groups -OCH3 is 2. The van der Waals surface area contributed by atoms with Crippen LogP contribution in [0, 0.1) is 0 Å². The summed E-state index contributed by atoms with van der Waals surface area (Å²) in [5, 5.41) is 0. The summed E-state index contributed by atoms with van der Waals surface area (Å²) in [6.07, 6.45) is -3.75. The number of carbonyl (C=O) groups is 1. The van der Waals surface area contributed by atoms with Crippen molar-refractivity contribution in [1.29, 1.82) is 0 Å². The SMILES string of the molecule is CCCN(CC(=O)N1CCc2cc(OC)c(OC)cc2C1C)S(=O)(=O)c1cccc(C(F)(F)F)c1. The second kappa shape index (κ2) is 10.4. The van der Waals surface area contributed by atoms with Crippen LogP contribution in [0.2, 0.25) is 0 Å². The van der Waals surface area contributed by atoms with Gasteiger partial charge in [-0.25, -0.2) is 8.42 Å². The van der Waals surface area contributed by atoms with Gasteiger partial charge in [-0.2, -0.15) is 17.5 Å². The molecule has 0 saturated carbocycles. The van der Waals surface area contributed by atoms with Gasteiger partial charge in [-0.1, -0.05) is 13.0 Å². The molecule has 0 aromatic heterocycles. The van der Waals surface area contributed by atoms with Crippen molar-refractivity contribution in [3.05, 3.63) is 53.1 Å². The topological polar surface area (TPSA) is 76.2 Å². The van der Waals surface area contributed by atoms with Gasteiger partial charge in [-0.15, -0.1) is 0 Å². The Hall–Kier alpha value is -2.79. The summed E-state index contributed by atoms with van der Waals surface area (Å²) in [7, 11) is -1.27. The van der Waals surface area contributed by atoms with Crippen LogP contribution in [0.15, 0.2) is 41.3 Å². The zero-order chi connectivity index (χ0) is 26.0. The first-order valence-corrected chi connectivity index (χ1v) is 12.6. The number of hydrogen-bond donors (Lipinski definition) is 0. The molecule has 1 unspecified atom stereocenters. The minimum absolute atomic E-state index is 0.00581. The Morgan fingerprint density at radius 1 is 1.14 bits per heavy atom. The van der Waals surface area contributed by atoms with E-state index in [4.69, 9.17) is 9.47 Å². The van der Waals surface area contributed by atoms with Crippen LogP contribution in [0.4, 0.5) is 13.2 Å². The maximum absolute atomic E-state index is 13.3. The van der Waals surface area contributed by atoms with E-state index < -0.39 is 39.1 Å². The molecule has 7 nitrogen and oxygen atoms in total. The summed E-state index contributed by atoms with van der Waals surface area (Å²) in [4.78, 5) is 14.4. The molecule has 11 heteroatoms. The summed E-state index contributed by atoms with van der Waals surface area (Å²) in [5.74, 6) is 0.675. The van der Waals surface area contributed by atoms with Crippen molar-refractivity contribution in [2.24, 2.45) is 0 Å². The lowest BCUT2D eigenvalue weighted by Crippen LogP contribution is -2.46. The third-order valence-electron chi connectivity index (χ3n) is 6.09. The predicted molar refractivity (Wildman–Crippen MR) is 124 cm³/mol. The van der Waals surface area contributed by atoms with E-state index in [0.29, 0.717) is 37.0 Å². The molecule has 0 bridgehead atoms. The highest BCUT2D eigenvalue weighted by Gasteiger charge is 2.35. The Labute approximate surface area is 203 Å². The van der Waals surface area contributed by atoms with Crippen molar-refractivity contribution >= 4 is 15.9 Å². The second-order valence-corrected chi connectivity index (χ2v) is 10.2. The van der Waals surface area contributed by atoms with Gasteiger partial charge in [0.1, 0.15) is 0 Å². The van der Waals surface area contributed by atoms with Crippen molar-refractivity contribution < 1.29 is 35.9 Å². The van der Waals surface area contributed by atoms with Crippen LogP contribution in [0.25, 0.3) is 0 Å². The normalized spacial score (nSPS) is 16.2. The largest absolute Gasteiger partial charge is 0.493 e. The molecular weight excluding hydrogens is 485 g/mol. The number of alkyl halides is 3. The number of fused-ring (bicyclic) bond motifs is 1. The summed E-state index contributed by atoms with van der Waals surface area (Å²) in [6.45, 7) is 3.46. The highest BCUT2D eigenvalue weighted by Crippen LogP contribution is 2.38. The predicted octanol–water partition coefficient (Wildman–Crippen LogP) is 4.27. The van der Waals surface area contributed by atoms with Gasteiger partial charge >= 0.3 is 6.18 Å². The number of amides is 1. The summed E-state index contributed by atoms with van der Waals surface area (Å²) < 4.78 is 77.5.